The molecule has 1 N–H and O–H groups in total. The first-order chi connectivity index (χ1) is 10.7. The lowest BCUT2D eigenvalue weighted by atomic mass is 10.1. The molecule has 1 aliphatic rings. The molecule has 0 saturated carbocycles. The molecule has 2 atom stereocenters. The van der Waals surface area contributed by atoms with E-state index in [4.69, 9.17) is 4.52 Å². The average Bonchev–Trinajstić information content (AvgIpc) is 2.98. The van der Waals surface area contributed by atoms with Gasteiger partial charge in [0.15, 0.2) is 5.82 Å². The van der Waals surface area contributed by atoms with Crippen LogP contribution in [0, 0.1) is 0 Å². The molecule has 1 aromatic heterocycles. The fourth-order valence-electron chi connectivity index (χ4n) is 2.88. The highest BCUT2D eigenvalue weighted by atomic mass is 35.5. The lowest BCUT2D eigenvalue weighted by molar-refractivity contribution is 0.189. The first-order valence-corrected chi connectivity index (χ1v) is 7.62. The van der Waals surface area contributed by atoms with E-state index >= 15 is 0 Å². The Balaban J connectivity index is 0.00000192. The summed E-state index contributed by atoms with van der Waals surface area (Å²) in [6.45, 7) is 2.85. The van der Waals surface area contributed by atoms with E-state index in [0.717, 1.165) is 31.0 Å². The van der Waals surface area contributed by atoms with Crippen LogP contribution in [0.25, 0.3) is 0 Å². The van der Waals surface area contributed by atoms with Crippen LogP contribution in [0.15, 0.2) is 34.9 Å². The predicted molar refractivity (Wildman–Crippen MR) is 91.8 cm³/mol. The molecule has 2 unspecified atom stereocenters. The molecule has 1 fully saturated rings. The predicted octanol–water partition coefficient (Wildman–Crippen LogP) is 1.72. The molecule has 23 heavy (non-hydrogen) atoms. The lowest BCUT2D eigenvalue weighted by Crippen LogP contribution is -2.44. The van der Waals surface area contributed by atoms with Crippen molar-refractivity contribution in [2.75, 3.05) is 40.8 Å². The molecule has 0 amide bonds. The van der Waals surface area contributed by atoms with Gasteiger partial charge in [-0.1, -0.05) is 35.5 Å². The molecule has 1 aliphatic heterocycles. The highest BCUT2D eigenvalue weighted by Gasteiger charge is 2.28. The molecular formula is C16H24ClN5O. The van der Waals surface area contributed by atoms with Crippen molar-refractivity contribution in [2.24, 2.45) is 0 Å². The monoisotopic (exact) mass is 337 g/mol. The maximum absolute atomic E-state index is 5.59. The van der Waals surface area contributed by atoms with Gasteiger partial charge >= 0.3 is 0 Å². The molecule has 2 aromatic rings. The molecule has 1 saturated heterocycles. The molecule has 126 valence electrons. The van der Waals surface area contributed by atoms with Gasteiger partial charge in [-0.05, 0) is 26.7 Å². The minimum atomic E-state index is -0.0238. The molecule has 0 bridgehead atoms. The Hall–Kier alpha value is -1.47. The maximum atomic E-state index is 5.59. The number of nitrogens with zero attached hydrogens (tertiary/aromatic N) is 4. The van der Waals surface area contributed by atoms with Crippen LogP contribution in [-0.4, -0.2) is 60.7 Å². The van der Waals surface area contributed by atoms with Crippen LogP contribution in [0.5, 0.6) is 0 Å². The van der Waals surface area contributed by atoms with Crippen molar-refractivity contribution in [3.8, 4) is 0 Å². The van der Waals surface area contributed by atoms with E-state index in [2.05, 4.69) is 44.4 Å². The zero-order valence-corrected chi connectivity index (χ0v) is 14.6. The average molecular weight is 338 g/mol. The number of halogens is 1. The number of hydrogen-bond acceptors (Lipinski definition) is 6. The van der Waals surface area contributed by atoms with Gasteiger partial charge in [0, 0.05) is 19.6 Å². The number of piperazine rings is 1. The molecule has 0 spiro atoms. The number of benzene rings is 1. The standard InChI is InChI=1S/C16H23N5O.ClH/c1-20(2)14(12-7-5-4-6-8-12)16-18-15(19-22-16)13-11-17-9-10-21(13)3;/h4-8,13-14,17H,9-11H2,1-3H3;1H. The number of hydrogen-bond donors (Lipinski definition) is 1. The summed E-state index contributed by atoms with van der Waals surface area (Å²) in [6, 6.07) is 10.4. The summed E-state index contributed by atoms with van der Waals surface area (Å²) in [6.07, 6.45) is 0. The Bertz CT molecular complexity index is 604. The molecule has 3 rings (SSSR count). The fourth-order valence-corrected chi connectivity index (χ4v) is 2.88. The van der Waals surface area contributed by atoms with Crippen molar-refractivity contribution in [2.45, 2.75) is 12.1 Å². The van der Waals surface area contributed by atoms with E-state index in [9.17, 15) is 0 Å². The van der Waals surface area contributed by atoms with Crippen LogP contribution in [0.2, 0.25) is 0 Å². The number of likely N-dealkylation sites (N-methyl/N-ethyl adjacent to an activating group) is 1. The minimum absolute atomic E-state index is 0. The molecule has 6 nitrogen and oxygen atoms in total. The second-order valence-electron chi connectivity index (χ2n) is 5.97. The summed E-state index contributed by atoms with van der Waals surface area (Å²) in [5.41, 5.74) is 1.15. The third kappa shape index (κ3) is 3.90. The van der Waals surface area contributed by atoms with Crippen molar-refractivity contribution in [3.05, 3.63) is 47.6 Å². The fraction of sp³-hybridized carbons (Fsp3) is 0.500. The third-order valence-corrected chi connectivity index (χ3v) is 4.13. The SMILES string of the molecule is CN(C)C(c1ccccc1)c1nc(C2CNCCN2C)no1.Cl. The molecule has 7 heteroatoms. The van der Waals surface area contributed by atoms with E-state index in [-0.39, 0.29) is 24.5 Å². The molecule has 1 aromatic carbocycles. The Kier molecular flexibility index (Phi) is 6.12. The van der Waals surface area contributed by atoms with Crippen LogP contribution in [0.4, 0.5) is 0 Å². The highest BCUT2D eigenvalue weighted by Crippen LogP contribution is 2.27. The van der Waals surface area contributed by atoms with Crippen molar-refractivity contribution >= 4 is 12.4 Å². The first kappa shape index (κ1) is 17.9. The Labute approximate surface area is 143 Å². The summed E-state index contributed by atoms with van der Waals surface area (Å²) in [5.74, 6) is 1.40. The van der Waals surface area contributed by atoms with Gasteiger partial charge in [0.2, 0.25) is 5.89 Å². The van der Waals surface area contributed by atoms with Gasteiger partial charge in [0.1, 0.15) is 6.04 Å². The quantitative estimate of drug-likeness (QED) is 0.916. The van der Waals surface area contributed by atoms with Crippen molar-refractivity contribution in [1.29, 1.82) is 0 Å². The Morgan fingerprint density at radius 3 is 2.70 bits per heavy atom. The molecule has 0 aliphatic carbocycles. The Morgan fingerprint density at radius 1 is 1.30 bits per heavy atom. The summed E-state index contributed by atoms with van der Waals surface area (Å²) in [7, 11) is 6.15. The van der Waals surface area contributed by atoms with E-state index in [1.807, 2.05) is 32.3 Å². The molecular weight excluding hydrogens is 314 g/mol. The van der Waals surface area contributed by atoms with E-state index in [1.165, 1.54) is 0 Å². The second kappa shape index (κ2) is 7.88. The zero-order chi connectivity index (χ0) is 15.5. The summed E-state index contributed by atoms with van der Waals surface area (Å²) in [4.78, 5) is 9.04. The highest BCUT2D eigenvalue weighted by molar-refractivity contribution is 5.85. The van der Waals surface area contributed by atoms with Gasteiger partial charge in [0.25, 0.3) is 0 Å². The van der Waals surface area contributed by atoms with Gasteiger partial charge < -0.3 is 9.84 Å². The van der Waals surface area contributed by atoms with Crippen LogP contribution < -0.4 is 5.32 Å². The summed E-state index contributed by atoms with van der Waals surface area (Å²) < 4.78 is 5.59. The van der Waals surface area contributed by atoms with Crippen LogP contribution >= 0.6 is 12.4 Å². The maximum Gasteiger partial charge on any atom is 0.248 e. The van der Waals surface area contributed by atoms with Gasteiger partial charge in [-0.3, -0.25) is 9.80 Å². The topological polar surface area (TPSA) is 57.4 Å². The van der Waals surface area contributed by atoms with Gasteiger partial charge in [0.05, 0.1) is 6.04 Å². The van der Waals surface area contributed by atoms with Crippen molar-refractivity contribution in [1.82, 2.24) is 25.3 Å². The first-order valence-electron chi connectivity index (χ1n) is 7.62. The summed E-state index contributed by atoms with van der Waals surface area (Å²) >= 11 is 0. The number of nitrogens with one attached hydrogen (secondary N) is 1. The molecule has 0 radical (unpaired) electrons. The van der Waals surface area contributed by atoms with Crippen LogP contribution in [0.3, 0.4) is 0 Å². The van der Waals surface area contributed by atoms with Crippen LogP contribution in [0.1, 0.15) is 29.4 Å². The van der Waals surface area contributed by atoms with Gasteiger partial charge in [-0.2, -0.15) is 4.98 Å². The zero-order valence-electron chi connectivity index (χ0n) is 13.8. The Morgan fingerprint density at radius 2 is 2.04 bits per heavy atom. The van der Waals surface area contributed by atoms with Crippen molar-refractivity contribution < 1.29 is 4.52 Å². The molecule has 2 heterocycles. The smallest absolute Gasteiger partial charge is 0.248 e. The minimum Gasteiger partial charge on any atom is -0.337 e. The van der Waals surface area contributed by atoms with Gasteiger partial charge in [-0.15, -0.1) is 12.4 Å². The van der Waals surface area contributed by atoms with E-state index in [1.54, 1.807) is 0 Å². The van der Waals surface area contributed by atoms with E-state index in [0.29, 0.717) is 5.89 Å². The second-order valence-corrected chi connectivity index (χ2v) is 5.97. The number of aromatic nitrogens is 2. The van der Waals surface area contributed by atoms with Gasteiger partial charge in [-0.25, -0.2) is 0 Å². The largest absolute Gasteiger partial charge is 0.337 e. The van der Waals surface area contributed by atoms with Crippen LogP contribution in [-0.2, 0) is 0 Å². The van der Waals surface area contributed by atoms with E-state index < -0.39 is 0 Å². The normalized spacial score (nSPS) is 20.3. The number of rotatable bonds is 4. The van der Waals surface area contributed by atoms with Crippen molar-refractivity contribution in [3.63, 3.8) is 0 Å². The third-order valence-electron chi connectivity index (χ3n) is 4.13. The summed E-state index contributed by atoms with van der Waals surface area (Å²) in [5, 5.41) is 7.61. The lowest BCUT2D eigenvalue weighted by Gasteiger charge is -2.30.